The van der Waals surface area contributed by atoms with Crippen LogP contribution in [-0.4, -0.2) is 40.4 Å². The molecule has 0 fully saturated rings. The number of fused-ring (bicyclic) bond motifs is 1. The summed E-state index contributed by atoms with van der Waals surface area (Å²) in [5.41, 5.74) is -1.40. The van der Waals surface area contributed by atoms with Crippen LogP contribution in [0.4, 0.5) is 0 Å². The number of rotatable bonds is 3. The summed E-state index contributed by atoms with van der Waals surface area (Å²) in [6.07, 6.45) is -0.0506. The highest BCUT2D eigenvalue weighted by Gasteiger charge is 2.52. The number of amides is 1. The zero-order valence-corrected chi connectivity index (χ0v) is 9.65. The predicted octanol–water partition coefficient (Wildman–Crippen LogP) is -0.514. The van der Waals surface area contributed by atoms with Crippen LogP contribution in [0.1, 0.15) is 26.7 Å². The van der Waals surface area contributed by atoms with E-state index in [0.717, 1.165) is 0 Å². The zero-order chi connectivity index (χ0) is 12.6. The third-order valence-electron chi connectivity index (χ3n) is 2.80. The minimum atomic E-state index is -1.40. The number of carboxylic acids is 1. The zero-order valence-electron chi connectivity index (χ0n) is 9.65. The smallest absolute Gasteiger partial charge is 0.306 e. The van der Waals surface area contributed by atoms with Gasteiger partial charge in [0.15, 0.2) is 0 Å². The van der Waals surface area contributed by atoms with E-state index in [9.17, 15) is 9.59 Å². The number of carbonyl (C=O) groups excluding carboxylic acids is 1. The molecule has 0 aliphatic carbocycles. The van der Waals surface area contributed by atoms with Gasteiger partial charge in [-0.2, -0.15) is 0 Å². The number of hydrogen-bond donors (Lipinski definition) is 3. The molecule has 2 heterocycles. The van der Waals surface area contributed by atoms with Gasteiger partial charge in [-0.05, 0) is 13.3 Å². The van der Waals surface area contributed by atoms with Crippen molar-refractivity contribution in [3.63, 3.8) is 0 Å². The van der Waals surface area contributed by atoms with E-state index in [1.54, 1.807) is 6.92 Å². The van der Waals surface area contributed by atoms with E-state index in [4.69, 9.17) is 5.11 Å². The minimum Gasteiger partial charge on any atom is -0.481 e. The van der Waals surface area contributed by atoms with Crippen molar-refractivity contribution in [3.05, 3.63) is 0 Å². The van der Waals surface area contributed by atoms with Crippen molar-refractivity contribution in [3.8, 4) is 0 Å². The van der Waals surface area contributed by atoms with Crippen molar-refractivity contribution >= 4 is 23.5 Å². The van der Waals surface area contributed by atoms with Gasteiger partial charge in [-0.15, -0.1) is 0 Å². The first-order valence-electron chi connectivity index (χ1n) is 5.42. The second kappa shape index (κ2) is 3.83. The van der Waals surface area contributed by atoms with Crippen molar-refractivity contribution in [2.75, 3.05) is 0 Å². The molecule has 2 unspecified atom stereocenters. The van der Waals surface area contributed by atoms with Crippen LogP contribution in [0.2, 0.25) is 0 Å². The van der Waals surface area contributed by atoms with Gasteiger partial charge in [-0.3, -0.25) is 9.59 Å². The molecular formula is C10H14N4O3. The molecule has 0 aromatic heterocycles. The Hall–Kier alpha value is -1.92. The topological polar surface area (TPSA) is 103 Å². The van der Waals surface area contributed by atoms with E-state index < -0.39 is 23.8 Å². The molecule has 0 spiro atoms. The maximum Gasteiger partial charge on any atom is 0.306 e. The number of nitrogens with zero attached hydrogens (tertiary/aromatic N) is 2. The van der Waals surface area contributed by atoms with Gasteiger partial charge in [0, 0.05) is 0 Å². The van der Waals surface area contributed by atoms with E-state index in [0.29, 0.717) is 18.1 Å². The second-order valence-electron chi connectivity index (χ2n) is 4.13. The summed E-state index contributed by atoms with van der Waals surface area (Å²) in [5, 5.41) is 14.4. The average Bonchev–Trinajstić information content (AvgIpc) is 2.54. The van der Waals surface area contributed by atoms with Crippen LogP contribution < -0.4 is 10.6 Å². The number of nitrogens with one attached hydrogen (secondary N) is 2. The second-order valence-corrected chi connectivity index (χ2v) is 4.13. The fourth-order valence-corrected chi connectivity index (χ4v) is 2.01. The maximum atomic E-state index is 12.0. The van der Waals surface area contributed by atoms with Gasteiger partial charge in [0.25, 0.3) is 5.91 Å². The molecule has 2 aliphatic heterocycles. The Labute approximate surface area is 98.0 Å². The molecule has 2 rings (SSSR count). The predicted molar refractivity (Wildman–Crippen MR) is 60.9 cm³/mol. The van der Waals surface area contributed by atoms with Crippen LogP contribution in [0.15, 0.2) is 9.98 Å². The lowest BCUT2D eigenvalue weighted by Gasteiger charge is -2.30. The molecule has 0 aromatic rings. The summed E-state index contributed by atoms with van der Waals surface area (Å²) < 4.78 is 0. The van der Waals surface area contributed by atoms with Gasteiger partial charge in [0.05, 0.1) is 6.42 Å². The van der Waals surface area contributed by atoms with Gasteiger partial charge in [-0.1, -0.05) is 6.92 Å². The molecule has 17 heavy (non-hydrogen) atoms. The first-order chi connectivity index (χ1) is 7.98. The summed E-state index contributed by atoms with van der Waals surface area (Å²) in [5.74, 6) is -0.631. The van der Waals surface area contributed by atoms with Crippen LogP contribution in [0.5, 0.6) is 0 Å². The monoisotopic (exact) mass is 238 g/mol. The fraction of sp³-hybridized carbons (Fsp3) is 0.600. The first kappa shape index (κ1) is 11.6. The lowest BCUT2D eigenvalue weighted by atomic mass is 9.92. The molecule has 7 nitrogen and oxygen atoms in total. The third-order valence-corrected chi connectivity index (χ3v) is 2.80. The van der Waals surface area contributed by atoms with Crippen molar-refractivity contribution < 1.29 is 14.7 Å². The summed E-state index contributed by atoms with van der Waals surface area (Å²) >= 11 is 0. The Balaban J connectivity index is 2.44. The molecule has 92 valence electrons. The minimum absolute atomic E-state index is 0.312. The lowest BCUT2D eigenvalue weighted by molar-refractivity contribution is -0.140. The molecule has 2 atom stereocenters. The van der Waals surface area contributed by atoms with Crippen molar-refractivity contribution in [1.29, 1.82) is 0 Å². The van der Waals surface area contributed by atoms with Crippen molar-refractivity contribution in [2.45, 2.75) is 38.4 Å². The molecule has 0 aromatic carbocycles. The molecule has 3 N–H and O–H groups in total. The maximum absolute atomic E-state index is 12.0. The van der Waals surface area contributed by atoms with E-state index in [-0.39, 0.29) is 6.17 Å². The van der Waals surface area contributed by atoms with E-state index in [2.05, 4.69) is 20.6 Å². The van der Waals surface area contributed by atoms with E-state index in [1.165, 1.54) is 0 Å². The molecule has 2 aliphatic rings. The molecule has 0 saturated carbocycles. The summed E-state index contributed by atoms with van der Waals surface area (Å²) in [6.45, 7) is 3.57. The number of carbonyl (C=O) groups is 2. The summed E-state index contributed by atoms with van der Waals surface area (Å²) in [4.78, 5) is 31.3. The Morgan fingerprint density at radius 3 is 2.88 bits per heavy atom. The number of aliphatic imine (C=N–C) groups is 2. The highest BCUT2D eigenvalue weighted by Crippen LogP contribution is 2.26. The molecule has 1 amide bonds. The number of aliphatic carboxylic acids is 1. The van der Waals surface area contributed by atoms with E-state index >= 15 is 0 Å². The standard InChI is InChI=1S/C10H14N4O3/c1-3-6-12-8-10(4-7(15)16,9(17)13-6)14-5(2)11-8/h6H,3-4H2,1-2H3,(H,13,17)(H,15,16)(H,11,12,14). The molecule has 0 bridgehead atoms. The average molecular weight is 238 g/mol. The summed E-state index contributed by atoms with van der Waals surface area (Å²) in [7, 11) is 0. The largest absolute Gasteiger partial charge is 0.481 e. The highest BCUT2D eigenvalue weighted by atomic mass is 16.4. The van der Waals surface area contributed by atoms with Gasteiger partial charge in [0.1, 0.15) is 17.8 Å². The molecule has 0 saturated heterocycles. The van der Waals surface area contributed by atoms with Gasteiger partial charge < -0.3 is 15.7 Å². The third kappa shape index (κ3) is 1.77. The quantitative estimate of drug-likeness (QED) is 0.615. The van der Waals surface area contributed by atoms with Crippen LogP contribution in [-0.2, 0) is 9.59 Å². The van der Waals surface area contributed by atoms with Gasteiger partial charge in [-0.25, -0.2) is 9.98 Å². The van der Waals surface area contributed by atoms with Gasteiger partial charge in [0.2, 0.25) is 5.54 Å². The Bertz CT molecular complexity index is 443. The molecule has 7 heteroatoms. The van der Waals surface area contributed by atoms with Crippen LogP contribution in [0.25, 0.3) is 0 Å². The lowest BCUT2D eigenvalue weighted by Crippen LogP contribution is -2.59. The summed E-state index contributed by atoms with van der Waals surface area (Å²) in [6, 6.07) is 0. The van der Waals surface area contributed by atoms with Crippen molar-refractivity contribution in [2.24, 2.45) is 9.98 Å². The van der Waals surface area contributed by atoms with Crippen LogP contribution in [0, 0.1) is 0 Å². The first-order valence-corrected chi connectivity index (χ1v) is 5.42. The van der Waals surface area contributed by atoms with Crippen LogP contribution in [0.3, 0.4) is 0 Å². The molecule has 0 radical (unpaired) electrons. The van der Waals surface area contributed by atoms with E-state index in [1.807, 2.05) is 6.92 Å². The Morgan fingerprint density at radius 2 is 2.29 bits per heavy atom. The highest BCUT2D eigenvalue weighted by molar-refractivity contribution is 6.24. The fourth-order valence-electron chi connectivity index (χ4n) is 2.01. The Morgan fingerprint density at radius 1 is 1.59 bits per heavy atom. The van der Waals surface area contributed by atoms with Crippen molar-refractivity contribution in [1.82, 2.24) is 10.6 Å². The Kier molecular flexibility index (Phi) is 2.60. The normalized spacial score (nSPS) is 30.9. The number of carboxylic acid groups (broad SMARTS) is 1. The van der Waals surface area contributed by atoms with Crippen LogP contribution >= 0.6 is 0 Å². The number of amidine groups is 2. The SMILES string of the molecule is CCC1N=C2NC(C)=NC2(CC(=O)O)C(=O)N1. The molecular weight excluding hydrogens is 224 g/mol. The number of hydrogen-bond acceptors (Lipinski definition) is 5. The van der Waals surface area contributed by atoms with Gasteiger partial charge >= 0.3 is 5.97 Å².